The van der Waals surface area contributed by atoms with Crippen LogP contribution in [0.4, 0.5) is 0 Å². The van der Waals surface area contributed by atoms with E-state index in [1.165, 1.54) is 25.7 Å². The summed E-state index contributed by atoms with van der Waals surface area (Å²) >= 11 is 0. The lowest BCUT2D eigenvalue weighted by Crippen LogP contribution is -2.16. The zero-order chi connectivity index (χ0) is 7.84. The van der Waals surface area contributed by atoms with Gasteiger partial charge in [0, 0.05) is 0 Å². The molecule has 11 heavy (non-hydrogen) atoms. The van der Waals surface area contributed by atoms with Crippen molar-refractivity contribution in [3.63, 3.8) is 0 Å². The highest BCUT2D eigenvalue weighted by molar-refractivity contribution is 4.90. The van der Waals surface area contributed by atoms with Crippen LogP contribution in [0.15, 0.2) is 0 Å². The molecule has 0 aromatic heterocycles. The second kappa shape index (κ2) is 2.78. The molecule has 2 rings (SSSR count). The molecular formula is C10H18O. The van der Waals surface area contributed by atoms with E-state index >= 15 is 0 Å². The Morgan fingerprint density at radius 1 is 1.36 bits per heavy atom. The van der Waals surface area contributed by atoms with Crippen LogP contribution in [0.2, 0.25) is 0 Å². The summed E-state index contributed by atoms with van der Waals surface area (Å²) in [6, 6.07) is 0. The Labute approximate surface area is 68.8 Å². The van der Waals surface area contributed by atoms with Crippen LogP contribution in [0.3, 0.4) is 0 Å². The highest BCUT2D eigenvalue weighted by Gasteiger charge is 2.39. The minimum atomic E-state index is -0.0700. The Bertz CT molecular complexity index is 142. The van der Waals surface area contributed by atoms with E-state index in [1.807, 2.05) is 6.92 Å². The molecule has 2 aliphatic carbocycles. The molecular weight excluding hydrogens is 136 g/mol. The minimum Gasteiger partial charge on any atom is -0.393 e. The fourth-order valence-electron chi connectivity index (χ4n) is 3.10. The van der Waals surface area contributed by atoms with Crippen LogP contribution < -0.4 is 0 Å². The van der Waals surface area contributed by atoms with Crippen LogP contribution in [-0.2, 0) is 0 Å². The van der Waals surface area contributed by atoms with E-state index in [9.17, 15) is 5.11 Å². The number of rotatable bonds is 2. The van der Waals surface area contributed by atoms with Gasteiger partial charge < -0.3 is 5.11 Å². The number of aliphatic hydroxyl groups is 1. The van der Waals surface area contributed by atoms with E-state index in [2.05, 4.69) is 0 Å². The van der Waals surface area contributed by atoms with E-state index in [0.29, 0.717) is 0 Å². The van der Waals surface area contributed by atoms with Gasteiger partial charge in [0.25, 0.3) is 0 Å². The van der Waals surface area contributed by atoms with Crippen LogP contribution in [-0.4, -0.2) is 11.2 Å². The van der Waals surface area contributed by atoms with Gasteiger partial charge in [-0.1, -0.05) is 6.42 Å². The largest absolute Gasteiger partial charge is 0.393 e. The lowest BCUT2D eigenvalue weighted by molar-refractivity contribution is 0.140. The van der Waals surface area contributed by atoms with Gasteiger partial charge in [0.2, 0.25) is 0 Å². The van der Waals surface area contributed by atoms with Crippen molar-refractivity contribution in [2.75, 3.05) is 0 Å². The van der Waals surface area contributed by atoms with Crippen LogP contribution >= 0.6 is 0 Å². The van der Waals surface area contributed by atoms with Crippen molar-refractivity contribution in [2.24, 2.45) is 17.8 Å². The molecule has 2 aliphatic rings. The van der Waals surface area contributed by atoms with Crippen LogP contribution in [0, 0.1) is 17.8 Å². The fourth-order valence-corrected chi connectivity index (χ4v) is 3.10. The third kappa shape index (κ3) is 1.44. The third-order valence-corrected chi connectivity index (χ3v) is 3.53. The van der Waals surface area contributed by atoms with Gasteiger partial charge in [0.1, 0.15) is 0 Å². The molecule has 1 heteroatoms. The molecule has 0 aliphatic heterocycles. The summed E-state index contributed by atoms with van der Waals surface area (Å²) in [7, 11) is 0. The smallest absolute Gasteiger partial charge is 0.0514 e. The first-order valence-electron chi connectivity index (χ1n) is 4.93. The Balaban J connectivity index is 1.87. The Hall–Kier alpha value is -0.0400. The van der Waals surface area contributed by atoms with Gasteiger partial charge in [0.15, 0.2) is 0 Å². The molecule has 2 bridgehead atoms. The van der Waals surface area contributed by atoms with Crippen LogP contribution in [0.25, 0.3) is 0 Å². The Morgan fingerprint density at radius 2 is 2.18 bits per heavy atom. The normalized spacial score (nSPS) is 44.7. The molecule has 0 saturated heterocycles. The molecule has 1 N–H and O–H groups in total. The lowest BCUT2D eigenvalue weighted by Gasteiger charge is -2.22. The number of hydrogen-bond acceptors (Lipinski definition) is 1. The van der Waals surface area contributed by atoms with Gasteiger partial charge in [-0.3, -0.25) is 0 Å². The van der Waals surface area contributed by atoms with Crippen molar-refractivity contribution in [2.45, 2.75) is 45.1 Å². The fraction of sp³-hybridized carbons (Fsp3) is 1.00. The maximum atomic E-state index is 9.24. The van der Waals surface area contributed by atoms with Crippen LogP contribution in [0.1, 0.15) is 39.0 Å². The van der Waals surface area contributed by atoms with Gasteiger partial charge in [0.05, 0.1) is 6.10 Å². The van der Waals surface area contributed by atoms with Gasteiger partial charge in [-0.2, -0.15) is 0 Å². The zero-order valence-corrected chi connectivity index (χ0v) is 7.29. The van der Waals surface area contributed by atoms with Crippen molar-refractivity contribution in [1.29, 1.82) is 0 Å². The maximum Gasteiger partial charge on any atom is 0.0514 e. The lowest BCUT2D eigenvalue weighted by atomic mass is 9.85. The first-order chi connectivity index (χ1) is 5.25. The van der Waals surface area contributed by atoms with Gasteiger partial charge in [-0.15, -0.1) is 0 Å². The molecule has 0 aromatic rings. The molecule has 2 fully saturated rings. The van der Waals surface area contributed by atoms with Crippen LogP contribution in [0.5, 0.6) is 0 Å². The molecule has 4 atom stereocenters. The summed E-state index contributed by atoms with van der Waals surface area (Å²) in [5, 5.41) is 9.24. The summed E-state index contributed by atoms with van der Waals surface area (Å²) in [4.78, 5) is 0. The van der Waals surface area contributed by atoms with Crippen molar-refractivity contribution < 1.29 is 5.11 Å². The topological polar surface area (TPSA) is 20.2 Å². The zero-order valence-electron chi connectivity index (χ0n) is 7.29. The van der Waals surface area contributed by atoms with E-state index in [-0.39, 0.29) is 6.10 Å². The van der Waals surface area contributed by atoms with Crippen molar-refractivity contribution in [1.82, 2.24) is 0 Å². The summed E-state index contributed by atoms with van der Waals surface area (Å²) in [6.45, 7) is 1.92. The summed E-state index contributed by atoms with van der Waals surface area (Å²) in [5.74, 6) is 2.88. The highest BCUT2D eigenvalue weighted by atomic mass is 16.3. The summed E-state index contributed by atoms with van der Waals surface area (Å²) in [6.07, 6.45) is 6.79. The van der Waals surface area contributed by atoms with Crippen molar-refractivity contribution >= 4 is 0 Å². The molecule has 0 aromatic carbocycles. The van der Waals surface area contributed by atoms with Gasteiger partial charge in [-0.25, -0.2) is 0 Å². The molecule has 1 nitrogen and oxygen atoms in total. The maximum absolute atomic E-state index is 9.24. The summed E-state index contributed by atoms with van der Waals surface area (Å²) < 4.78 is 0. The minimum absolute atomic E-state index is 0.0700. The first kappa shape index (κ1) is 7.60. The Kier molecular flexibility index (Phi) is 1.92. The second-order valence-corrected chi connectivity index (χ2v) is 4.52. The predicted octanol–water partition coefficient (Wildman–Crippen LogP) is 2.19. The van der Waals surface area contributed by atoms with E-state index in [0.717, 1.165) is 24.2 Å². The number of fused-ring (bicyclic) bond motifs is 2. The standard InChI is InChI=1S/C10H18O/c1-7(11)4-10-6-8-2-3-9(10)5-8/h7-11H,2-6H2,1H3. The monoisotopic (exact) mass is 154 g/mol. The third-order valence-electron chi connectivity index (χ3n) is 3.53. The quantitative estimate of drug-likeness (QED) is 0.646. The first-order valence-corrected chi connectivity index (χ1v) is 4.93. The molecule has 0 heterocycles. The molecule has 64 valence electrons. The molecule has 4 unspecified atom stereocenters. The molecule has 2 saturated carbocycles. The Morgan fingerprint density at radius 3 is 2.64 bits per heavy atom. The van der Waals surface area contributed by atoms with Gasteiger partial charge in [-0.05, 0) is 50.4 Å². The van der Waals surface area contributed by atoms with Gasteiger partial charge >= 0.3 is 0 Å². The summed E-state index contributed by atoms with van der Waals surface area (Å²) in [5.41, 5.74) is 0. The molecule has 0 radical (unpaired) electrons. The average Bonchev–Trinajstić information content (AvgIpc) is 2.45. The van der Waals surface area contributed by atoms with Crippen molar-refractivity contribution in [3.8, 4) is 0 Å². The number of aliphatic hydroxyl groups excluding tert-OH is 1. The van der Waals surface area contributed by atoms with E-state index in [1.54, 1.807) is 0 Å². The molecule has 0 amide bonds. The van der Waals surface area contributed by atoms with Crippen molar-refractivity contribution in [3.05, 3.63) is 0 Å². The highest BCUT2D eigenvalue weighted by Crippen LogP contribution is 2.49. The molecule has 0 spiro atoms. The average molecular weight is 154 g/mol. The van der Waals surface area contributed by atoms with E-state index < -0.39 is 0 Å². The number of hydrogen-bond donors (Lipinski definition) is 1. The van der Waals surface area contributed by atoms with E-state index in [4.69, 9.17) is 0 Å². The predicted molar refractivity (Wildman–Crippen MR) is 45.2 cm³/mol. The second-order valence-electron chi connectivity index (χ2n) is 4.52. The SMILES string of the molecule is CC(O)CC1CC2CCC1C2.